The summed E-state index contributed by atoms with van der Waals surface area (Å²) in [5.41, 5.74) is 2.07. The Morgan fingerprint density at radius 2 is 1.75 bits per heavy atom. The first kappa shape index (κ1) is 12.7. The molecule has 88 valence electrons. The number of ether oxygens (including phenoxy) is 1. The molecule has 1 atom stereocenters. The van der Waals surface area contributed by atoms with E-state index in [1.165, 1.54) is 12.7 Å². The van der Waals surface area contributed by atoms with Gasteiger partial charge in [0.05, 0.1) is 0 Å². The third-order valence-electron chi connectivity index (χ3n) is 2.57. The second kappa shape index (κ2) is 5.66. The van der Waals surface area contributed by atoms with Crippen LogP contribution in [0.5, 0.6) is 0 Å². The molecule has 0 aliphatic heterocycles. The van der Waals surface area contributed by atoms with Crippen LogP contribution < -0.4 is 5.32 Å². The minimum atomic E-state index is -0.426. The number of carbonyl (C=O) groups is 1. The second-order valence-corrected chi connectivity index (χ2v) is 4.14. The Kier molecular flexibility index (Phi) is 4.50. The Morgan fingerprint density at radius 1 is 1.19 bits per heavy atom. The van der Waals surface area contributed by atoms with E-state index in [4.69, 9.17) is 4.74 Å². The van der Waals surface area contributed by atoms with Gasteiger partial charge in [0.1, 0.15) is 6.10 Å². The van der Waals surface area contributed by atoms with Crippen LogP contribution in [0.2, 0.25) is 0 Å². The molecule has 0 fully saturated rings. The number of hydrogen-bond donors (Lipinski definition) is 1. The number of anilines is 1. The summed E-state index contributed by atoms with van der Waals surface area (Å²) >= 11 is 0. The second-order valence-electron chi connectivity index (χ2n) is 4.14. The molecule has 0 heterocycles. The van der Waals surface area contributed by atoms with E-state index >= 15 is 0 Å². The number of rotatable bonds is 4. The van der Waals surface area contributed by atoms with Crippen molar-refractivity contribution >= 4 is 11.6 Å². The largest absolute Gasteiger partial charge is 0.372 e. The fourth-order valence-corrected chi connectivity index (χ4v) is 1.30. The third kappa shape index (κ3) is 3.35. The molecular weight excluding hydrogens is 202 g/mol. The summed E-state index contributed by atoms with van der Waals surface area (Å²) in [6.45, 7) is 6.00. The summed E-state index contributed by atoms with van der Waals surface area (Å²) in [4.78, 5) is 11.5. The molecule has 0 saturated carbocycles. The zero-order valence-corrected chi connectivity index (χ0v) is 10.3. The number of amides is 1. The highest BCUT2D eigenvalue weighted by atomic mass is 16.5. The van der Waals surface area contributed by atoms with E-state index < -0.39 is 6.10 Å². The van der Waals surface area contributed by atoms with Crippen molar-refractivity contribution in [2.24, 2.45) is 0 Å². The minimum absolute atomic E-state index is 0.125. The van der Waals surface area contributed by atoms with Gasteiger partial charge in [-0.15, -0.1) is 0 Å². The van der Waals surface area contributed by atoms with E-state index in [-0.39, 0.29) is 5.91 Å². The summed E-state index contributed by atoms with van der Waals surface area (Å²) < 4.78 is 4.93. The van der Waals surface area contributed by atoms with Crippen molar-refractivity contribution in [3.05, 3.63) is 29.8 Å². The van der Waals surface area contributed by atoms with Gasteiger partial charge in [0.2, 0.25) is 0 Å². The van der Waals surface area contributed by atoms with Gasteiger partial charge in [-0.2, -0.15) is 0 Å². The predicted octanol–water partition coefficient (Wildman–Crippen LogP) is 2.78. The predicted molar refractivity (Wildman–Crippen MR) is 65.6 cm³/mol. The topological polar surface area (TPSA) is 38.3 Å². The maximum absolute atomic E-state index is 11.5. The Balaban J connectivity index is 2.65. The fraction of sp³-hybridized carbons (Fsp3) is 0.462. The van der Waals surface area contributed by atoms with Gasteiger partial charge in [0, 0.05) is 12.8 Å². The van der Waals surface area contributed by atoms with Crippen molar-refractivity contribution in [1.82, 2.24) is 0 Å². The molecule has 0 aliphatic carbocycles. The van der Waals surface area contributed by atoms with Crippen LogP contribution in [-0.2, 0) is 9.53 Å². The molecule has 1 N–H and O–H groups in total. The lowest BCUT2D eigenvalue weighted by Crippen LogP contribution is -2.26. The fourth-order valence-electron chi connectivity index (χ4n) is 1.30. The first-order chi connectivity index (χ1) is 7.54. The highest BCUT2D eigenvalue weighted by Crippen LogP contribution is 2.17. The van der Waals surface area contributed by atoms with E-state index in [1.54, 1.807) is 6.92 Å². The van der Waals surface area contributed by atoms with Crippen LogP contribution in [-0.4, -0.2) is 19.1 Å². The van der Waals surface area contributed by atoms with Gasteiger partial charge < -0.3 is 10.1 Å². The van der Waals surface area contributed by atoms with E-state index in [1.807, 2.05) is 24.3 Å². The molecule has 0 spiro atoms. The average Bonchev–Trinajstić information content (AvgIpc) is 2.28. The van der Waals surface area contributed by atoms with Crippen LogP contribution in [0.15, 0.2) is 24.3 Å². The first-order valence-corrected chi connectivity index (χ1v) is 5.48. The van der Waals surface area contributed by atoms with E-state index in [0.717, 1.165) is 5.69 Å². The van der Waals surface area contributed by atoms with Gasteiger partial charge in [0.25, 0.3) is 5.91 Å². The summed E-state index contributed by atoms with van der Waals surface area (Å²) in [6, 6.07) is 7.88. The number of methoxy groups -OCH3 is 1. The normalized spacial score (nSPS) is 12.6. The van der Waals surface area contributed by atoms with Crippen molar-refractivity contribution in [3.63, 3.8) is 0 Å². The Morgan fingerprint density at radius 3 is 2.19 bits per heavy atom. The minimum Gasteiger partial charge on any atom is -0.372 e. The quantitative estimate of drug-likeness (QED) is 0.849. The van der Waals surface area contributed by atoms with Gasteiger partial charge in [-0.1, -0.05) is 26.0 Å². The van der Waals surface area contributed by atoms with Gasteiger partial charge in [-0.05, 0) is 30.5 Å². The van der Waals surface area contributed by atoms with Crippen molar-refractivity contribution in [1.29, 1.82) is 0 Å². The molecule has 1 aromatic rings. The first-order valence-electron chi connectivity index (χ1n) is 5.48. The molecule has 1 aromatic carbocycles. The van der Waals surface area contributed by atoms with E-state index in [2.05, 4.69) is 19.2 Å². The molecule has 1 rings (SSSR count). The summed E-state index contributed by atoms with van der Waals surface area (Å²) in [5.74, 6) is 0.377. The summed E-state index contributed by atoms with van der Waals surface area (Å²) in [5, 5.41) is 2.79. The lowest BCUT2D eigenvalue weighted by molar-refractivity contribution is -0.124. The van der Waals surface area contributed by atoms with Crippen LogP contribution in [0.3, 0.4) is 0 Å². The zero-order valence-electron chi connectivity index (χ0n) is 10.3. The molecule has 16 heavy (non-hydrogen) atoms. The molecule has 3 nitrogen and oxygen atoms in total. The number of benzene rings is 1. The zero-order chi connectivity index (χ0) is 12.1. The van der Waals surface area contributed by atoms with E-state index in [9.17, 15) is 4.79 Å². The average molecular weight is 221 g/mol. The van der Waals surface area contributed by atoms with Crippen LogP contribution in [0.25, 0.3) is 0 Å². The van der Waals surface area contributed by atoms with Crippen LogP contribution in [0, 0.1) is 0 Å². The number of nitrogens with one attached hydrogen (secondary N) is 1. The molecule has 0 aliphatic rings. The molecule has 1 unspecified atom stereocenters. The third-order valence-corrected chi connectivity index (χ3v) is 2.57. The van der Waals surface area contributed by atoms with Crippen molar-refractivity contribution in [2.75, 3.05) is 12.4 Å². The molecule has 3 heteroatoms. The van der Waals surface area contributed by atoms with E-state index in [0.29, 0.717) is 5.92 Å². The van der Waals surface area contributed by atoms with Crippen LogP contribution in [0.1, 0.15) is 32.3 Å². The standard InChI is InChI=1S/C13H19NO2/c1-9(2)11-5-7-12(8-6-11)14-13(15)10(3)16-4/h5-10H,1-4H3,(H,14,15). The Hall–Kier alpha value is -1.35. The van der Waals surface area contributed by atoms with Gasteiger partial charge >= 0.3 is 0 Å². The Labute approximate surface area is 96.8 Å². The highest BCUT2D eigenvalue weighted by molar-refractivity contribution is 5.93. The maximum atomic E-state index is 11.5. The highest BCUT2D eigenvalue weighted by Gasteiger charge is 2.11. The number of hydrogen-bond acceptors (Lipinski definition) is 2. The summed E-state index contributed by atoms with van der Waals surface area (Å²) in [6.07, 6.45) is -0.426. The van der Waals surface area contributed by atoms with Crippen molar-refractivity contribution < 1.29 is 9.53 Å². The molecule has 0 saturated heterocycles. The Bertz CT molecular complexity index is 343. The monoisotopic (exact) mass is 221 g/mol. The molecule has 0 bridgehead atoms. The van der Waals surface area contributed by atoms with Crippen molar-refractivity contribution in [3.8, 4) is 0 Å². The van der Waals surface area contributed by atoms with Crippen LogP contribution in [0.4, 0.5) is 5.69 Å². The van der Waals surface area contributed by atoms with Crippen LogP contribution >= 0.6 is 0 Å². The molecular formula is C13H19NO2. The van der Waals surface area contributed by atoms with Gasteiger partial charge in [-0.25, -0.2) is 0 Å². The molecule has 0 aromatic heterocycles. The van der Waals surface area contributed by atoms with Gasteiger partial charge in [0.15, 0.2) is 0 Å². The lowest BCUT2D eigenvalue weighted by atomic mass is 10.0. The molecule has 0 radical (unpaired) electrons. The summed E-state index contributed by atoms with van der Waals surface area (Å²) in [7, 11) is 1.52. The SMILES string of the molecule is COC(C)C(=O)Nc1ccc(C(C)C)cc1. The van der Waals surface area contributed by atoms with Gasteiger partial charge in [-0.3, -0.25) is 4.79 Å². The maximum Gasteiger partial charge on any atom is 0.253 e. The smallest absolute Gasteiger partial charge is 0.253 e. The lowest BCUT2D eigenvalue weighted by Gasteiger charge is -2.11. The van der Waals surface area contributed by atoms with Crippen molar-refractivity contribution in [2.45, 2.75) is 32.8 Å². The number of carbonyl (C=O) groups excluding carboxylic acids is 1. The molecule has 1 amide bonds.